The van der Waals surface area contributed by atoms with Crippen molar-refractivity contribution >= 4 is 0 Å². The summed E-state index contributed by atoms with van der Waals surface area (Å²) in [5.41, 5.74) is 0. The monoisotopic (exact) mass is 174 g/mol. The first-order chi connectivity index (χ1) is 5.83. The molecule has 12 heavy (non-hydrogen) atoms. The smallest absolute Gasteiger partial charge is 0.0431 e. The molecule has 0 amide bonds. The Balaban J connectivity index is 0. The van der Waals surface area contributed by atoms with Gasteiger partial charge in [-0.1, -0.05) is 59.3 Å². The van der Waals surface area contributed by atoms with E-state index in [1.165, 1.54) is 32.1 Å². The van der Waals surface area contributed by atoms with Gasteiger partial charge in [0.05, 0.1) is 0 Å². The number of hydrogen-bond donors (Lipinski definition) is 1. The number of unbranched alkanes of at least 4 members (excludes halogenated alkanes) is 5. The molecule has 0 aliphatic carbocycles. The zero-order chi connectivity index (χ0) is 9.66. The zero-order valence-electron chi connectivity index (χ0n) is 9.10. The van der Waals surface area contributed by atoms with Crippen LogP contribution >= 0.6 is 0 Å². The van der Waals surface area contributed by atoms with Crippen LogP contribution in [0.15, 0.2) is 0 Å². The van der Waals surface area contributed by atoms with Gasteiger partial charge in [0.1, 0.15) is 0 Å². The maximum atomic E-state index is 8.20. The van der Waals surface area contributed by atoms with Gasteiger partial charge < -0.3 is 5.11 Å². The molecule has 0 unspecified atom stereocenters. The molecule has 0 fully saturated rings. The fraction of sp³-hybridized carbons (Fsp3) is 1.00. The third-order valence-corrected chi connectivity index (χ3v) is 1.72. The molecule has 0 aliphatic heterocycles. The van der Waals surface area contributed by atoms with Crippen molar-refractivity contribution in [3.8, 4) is 0 Å². The van der Waals surface area contributed by atoms with Gasteiger partial charge >= 0.3 is 0 Å². The largest absolute Gasteiger partial charge is 0.396 e. The molecule has 0 aliphatic rings. The van der Waals surface area contributed by atoms with E-state index in [1.807, 2.05) is 0 Å². The fourth-order valence-corrected chi connectivity index (χ4v) is 0.862. The summed E-state index contributed by atoms with van der Waals surface area (Å²) >= 11 is 0. The van der Waals surface area contributed by atoms with Crippen LogP contribution < -0.4 is 0 Å². The van der Waals surface area contributed by atoms with E-state index in [9.17, 15) is 0 Å². The van der Waals surface area contributed by atoms with Crippen LogP contribution in [0.2, 0.25) is 0 Å². The van der Waals surface area contributed by atoms with Crippen LogP contribution in [-0.2, 0) is 0 Å². The van der Waals surface area contributed by atoms with Crippen molar-refractivity contribution in [1.82, 2.24) is 0 Å². The minimum absolute atomic E-state index is 0.355. The molecule has 0 radical (unpaired) electrons. The molecule has 1 N–H and O–H groups in total. The van der Waals surface area contributed by atoms with E-state index in [0.29, 0.717) is 6.61 Å². The number of aliphatic hydroxyl groups is 1. The second-order valence-electron chi connectivity index (χ2n) is 3.14. The van der Waals surface area contributed by atoms with E-state index >= 15 is 0 Å². The van der Waals surface area contributed by atoms with Crippen molar-refractivity contribution in [3.05, 3.63) is 0 Å². The van der Waals surface area contributed by atoms with Gasteiger partial charge in [0, 0.05) is 6.61 Å². The quantitative estimate of drug-likeness (QED) is 0.608. The summed E-state index contributed by atoms with van der Waals surface area (Å²) in [7, 11) is 0. The molecule has 0 atom stereocenters. The lowest BCUT2D eigenvalue weighted by atomic mass is 10.2. The first-order valence-corrected chi connectivity index (χ1v) is 5.44. The standard InChI is InChI=1S/C6H14.C5H12O/c1-3-5-6-4-2;1-2-3-4-5-6/h3-6H2,1-2H3;6H,2-5H2,1H3. The Morgan fingerprint density at radius 2 is 1.00 bits per heavy atom. The predicted octanol–water partition coefficient (Wildman–Crippen LogP) is 3.76. The number of aliphatic hydroxyl groups excluding tert-OH is 1. The molecule has 0 spiro atoms. The van der Waals surface area contributed by atoms with Crippen LogP contribution in [0.1, 0.15) is 65.7 Å². The van der Waals surface area contributed by atoms with Gasteiger partial charge in [0.2, 0.25) is 0 Å². The lowest BCUT2D eigenvalue weighted by Crippen LogP contribution is -1.78. The third kappa shape index (κ3) is 22.5. The minimum Gasteiger partial charge on any atom is -0.396 e. The molecule has 0 aromatic heterocycles. The Bertz CT molecular complexity index is 37.0. The van der Waals surface area contributed by atoms with E-state index in [4.69, 9.17) is 5.11 Å². The summed E-state index contributed by atoms with van der Waals surface area (Å²) in [5.74, 6) is 0. The van der Waals surface area contributed by atoms with Gasteiger partial charge in [-0.2, -0.15) is 0 Å². The summed E-state index contributed by atoms with van der Waals surface area (Å²) in [6.07, 6.45) is 8.86. The predicted molar refractivity (Wildman–Crippen MR) is 56.4 cm³/mol. The maximum absolute atomic E-state index is 8.20. The van der Waals surface area contributed by atoms with Gasteiger partial charge in [-0.3, -0.25) is 0 Å². The Morgan fingerprint density at radius 1 is 0.667 bits per heavy atom. The Kier molecular flexibility index (Phi) is 20.7. The van der Waals surface area contributed by atoms with Crippen LogP contribution in [0.25, 0.3) is 0 Å². The van der Waals surface area contributed by atoms with Crippen molar-refractivity contribution in [2.24, 2.45) is 0 Å². The van der Waals surface area contributed by atoms with Crippen molar-refractivity contribution in [2.75, 3.05) is 6.61 Å². The summed E-state index contributed by atoms with van der Waals surface area (Å²) in [5, 5.41) is 8.20. The average molecular weight is 174 g/mol. The summed E-state index contributed by atoms with van der Waals surface area (Å²) < 4.78 is 0. The number of hydrogen-bond acceptors (Lipinski definition) is 1. The highest BCUT2D eigenvalue weighted by atomic mass is 16.2. The Labute approximate surface area is 78.2 Å². The highest BCUT2D eigenvalue weighted by molar-refractivity contribution is 4.31. The van der Waals surface area contributed by atoms with Crippen molar-refractivity contribution in [1.29, 1.82) is 0 Å². The van der Waals surface area contributed by atoms with Crippen LogP contribution in [0.4, 0.5) is 0 Å². The molecular weight excluding hydrogens is 148 g/mol. The fourth-order valence-electron chi connectivity index (χ4n) is 0.862. The molecule has 0 bridgehead atoms. The topological polar surface area (TPSA) is 20.2 Å². The summed E-state index contributed by atoms with van der Waals surface area (Å²) in [6, 6.07) is 0. The summed E-state index contributed by atoms with van der Waals surface area (Å²) in [6.45, 7) is 6.94. The van der Waals surface area contributed by atoms with Crippen LogP contribution in [0.3, 0.4) is 0 Å². The van der Waals surface area contributed by atoms with Crippen LogP contribution in [0.5, 0.6) is 0 Å². The second kappa shape index (κ2) is 17.2. The molecule has 0 aromatic rings. The van der Waals surface area contributed by atoms with Crippen molar-refractivity contribution < 1.29 is 5.11 Å². The van der Waals surface area contributed by atoms with E-state index in [2.05, 4.69) is 20.8 Å². The normalized spacial score (nSPS) is 9.00. The van der Waals surface area contributed by atoms with Crippen molar-refractivity contribution in [2.45, 2.75) is 65.7 Å². The van der Waals surface area contributed by atoms with E-state index < -0.39 is 0 Å². The SMILES string of the molecule is CCCCCC.CCCCCO. The van der Waals surface area contributed by atoms with Gasteiger partial charge in [-0.25, -0.2) is 0 Å². The average Bonchev–Trinajstić information content (AvgIpc) is 2.12. The molecule has 1 nitrogen and oxygen atoms in total. The molecule has 1 heteroatoms. The lowest BCUT2D eigenvalue weighted by molar-refractivity contribution is 0.284. The molecule has 0 saturated heterocycles. The summed E-state index contributed by atoms with van der Waals surface area (Å²) in [4.78, 5) is 0. The van der Waals surface area contributed by atoms with Gasteiger partial charge in [-0.05, 0) is 6.42 Å². The second-order valence-corrected chi connectivity index (χ2v) is 3.14. The van der Waals surface area contributed by atoms with Crippen molar-refractivity contribution in [3.63, 3.8) is 0 Å². The molecule has 0 aromatic carbocycles. The first-order valence-electron chi connectivity index (χ1n) is 5.44. The van der Waals surface area contributed by atoms with Crippen LogP contribution in [0, 0.1) is 0 Å². The molecule has 0 rings (SSSR count). The van der Waals surface area contributed by atoms with Gasteiger partial charge in [-0.15, -0.1) is 0 Å². The zero-order valence-corrected chi connectivity index (χ0v) is 9.10. The first kappa shape index (κ1) is 14.5. The highest BCUT2D eigenvalue weighted by Crippen LogP contribution is 1.95. The molecular formula is C11H26O. The Morgan fingerprint density at radius 3 is 1.17 bits per heavy atom. The Hall–Kier alpha value is -0.0400. The number of rotatable bonds is 6. The van der Waals surface area contributed by atoms with E-state index in [-0.39, 0.29) is 0 Å². The third-order valence-electron chi connectivity index (χ3n) is 1.72. The van der Waals surface area contributed by atoms with E-state index in [0.717, 1.165) is 12.8 Å². The molecule has 0 saturated carbocycles. The maximum Gasteiger partial charge on any atom is 0.0431 e. The van der Waals surface area contributed by atoms with Crippen LogP contribution in [-0.4, -0.2) is 11.7 Å². The van der Waals surface area contributed by atoms with E-state index in [1.54, 1.807) is 0 Å². The van der Waals surface area contributed by atoms with Gasteiger partial charge in [0.15, 0.2) is 0 Å². The molecule has 76 valence electrons. The highest BCUT2D eigenvalue weighted by Gasteiger charge is 1.76. The lowest BCUT2D eigenvalue weighted by Gasteiger charge is -1.86. The molecule has 0 heterocycles. The minimum atomic E-state index is 0.355. The van der Waals surface area contributed by atoms with Gasteiger partial charge in [0.25, 0.3) is 0 Å².